The van der Waals surface area contributed by atoms with Gasteiger partial charge < -0.3 is 15.0 Å². The molecule has 0 saturated carbocycles. The van der Waals surface area contributed by atoms with Crippen LogP contribution in [0, 0.1) is 0 Å². The summed E-state index contributed by atoms with van der Waals surface area (Å²) < 4.78 is 5.11. The van der Waals surface area contributed by atoms with Gasteiger partial charge in [0, 0.05) is 41.8 Å². The Labute approximate surface area is 180 Å². The maximum Gasteiger partial charge on any atom is 0.341 e. The molecule has 1 amide bonds. The summed E-state index contributed by atoms with van der Waals surface area (Å²) in [5, 5.41) is 4.21. The van der Waals surface area contributed by atoms with Gasteiger partial charge in [-0.3, -0.25) is 9.69 Å². The van der Waals surface area contributed by atoms with Crippen LogP contribution in [0.2, 0.25) is 5.02 Å². The van der Waals surface area contributed by atoms with Crippen molar-refractivity contribution in [2.75, 3.05) is 49.5 Å². The molecule has 1 aromatic carbocycles. The van der Waals surface area contributed by atoms with Crippen molar-refractivity contribution in [1.29, 1.82) is 0 Å². The molecule has 3 rings (SSSR count). The van der Waals surface area contributed by atoms with Crippen LogP contribution < -0.4 is 10.2 Å². The highest BCUT2D eigenvalue weighted by atomic mass is 35.5. The summed E-state index contributed by atoms with van der Waals surface area (Å²) in [6.07, 6.45) is 0.805. The Bertz CT molecular complexity index is 845. The number of nitrogens with zero attached hydrogens (tertiary/aromatic N) is 2. The molecule has 1 aliphatic rings. The fraction of sp³-hybridized carbons (Fsp3) is 0.429. The Morgan fingerprint density at radius 2 is 1.83 bits per heavy atom. The molecule has 0 radical (unpaired) electrons. The summed E-state index contributed by atoms with van der Waals surface area (Å²) in [4.78, 5) is 30.2. The first-order chi connectivity index (χ1) is 14.0. The van der Waals surface area contributed by atoms with E-state index in [1.807, 2.05) is 37.3 Å². The number of carbonyl (C=O) groups is 2. The minimum absolute atomic E-state index is 0.111. The predicted molar refractivity (Wildman–Crippen MR) is 118 cm³/mol. The number of benzene rings is 1. The first-order valence-electron chi connectivity index (χ1n) is 9.82. The van der Waals surface area contributed by atoms with Gasteiger partial charge in [0.1, 0.15) is 5.00 Å². The van der Waals surface area contributed by atoms with Crippen molar-refractivity contribution >= 4 is 45.5 Å². The highest BCUT2D eigenvalue weighted by Crippen LogP contribution is 2.29. The summed E-state index contributed by atoms with van der Waals surface area (Å²) in [6, 6.07) is 9.63. The van der Waals surface area contributed by atoms with Crippen LogP contribution in [0.4, 0.5) is 10.7 Å². The topological polar surface area (TPSA) is 61.9 Å². The zero-order valence-corrected chi connectivity index (χ0v) is 18.3. The van der Waals surface area contributed by atoms with Gasteiger partial charge in [0.05, 0.1) is 18.7 Å². The van der Waals surface area contributed by atoms with Crippen molar-refractivity contribution in [3.63, 3.8) is 0 Å². The highest BCUT2D eigenvalue weighted by Gasteiger charge is 2.22. The van der Waals surface area contributed by atoms with Crippen molar-refractivity contribution < 1.29 is 14.3 Å². The van der Waals surface area contributed by atoms with E-state index >= 15 is 0 Å². The third-order valence-corrected chi connectivity index (χ3v) is 6.26. The molecule has 1 aliphatic heterocycles. The molecular weight excluding hydrogens is 410 g/mol. The Hall–Kier alpha value is -2.09. The molecule has 2 heterocycles. The van der Waals surface area contributed by atoms with Gasteiger partial charge in [-0.05, 0) is 43.7 Å². The van der Waals surface area contributed by atoms with Crippen LogP contribution in [-0.4, -0.2) is 56.1 Å². The lowest BCUT2D eigenvalue weighted by atomic mass is 10.2. The average Bonchev–Trinajstić information content (AvgIpc) is 3.12. The Kier molecular flexibility index (Phi) is 7.52. The minimum atomic E-state index is -0.393. The smallest absolute Gasteiger partial charge is 0.341 e. The van der Waals surface area contributed by atoms with E-state index in [1.165, 1.54) is 11.3 Å². The maximum atomic E-state index is 12.6. The first-order valence-corrected chi connectivity index (χ1v) is 11.0. The number of halogens is 1. The van der Waals surface area contributed by atoms with Crippen LogP contribution in [-0.2, 0) is 16.0 Å². The molecule has 2 aromatic rings. The summed E-state index contributed by atoms with van der Waals surface area (Å²) in [5.41, 5.74) is 1.58. The van der Waals surface area contributed by atoms with E-state index in [4.69, 9.17) is 16.3 Å². The monoisotopic (exact) mass is 435 g/mol. The molecule has 1 aromatic heterocycles. The lowest BCUT2D eigenvalue weighted by molar-refractivity contribution is -0.117. The number of ether oxygens (including phenoxy) is 1. The lowest BCUT2D eigenvalue weighted by Crippen LogP contribution is -2.48. The van der Waals surface area contributed by atoms with E-state index in [9.17, 15) is 9.59 Å². The standard InChI is InChI=1S/C21H26ClN3O3S/c1-3-17-13-18(21(27)28-4-2)20(29-17)23-19(26)14-24-9-11-25(12-10-24)16-7-5-15(22)6-8-16/h5-8,13H,3-4,9-12,14H2,1-2H3,(H,23,26). The molecule has 0 atom stereocenters. The van der Waals surface area contributed by atoms with E-state index in [-0.39, 0.29) is 5.91 Å². The van der Waals surface area contributed by atoms with E-state index in [0.717, 1.165) is 48.2 Å². The number of aryl methyl sites for hydroxylation is 1. The number of piperazine rings is 1. The van der Waals surface area contributed by atoms with Gasteiger partial charge in [-0.1, -0.05) is 18.5 Å². The molecule has 156 valence electrons. The van der Waals surface area contributed by atoms with Gasteiger partial charge in [-0.2, -0.15) is 0 Å². The number of hydrogen-bond acceptors (Lipinski definition) is 6. The number of carbonyl (C=O) groups excluding carboxylic acids is 2. The van der Waals surface area contributed by atoms with Crippen LogP contribution in [0.15, 0.2) is 30.3 Å². The van der Waals surface area contributed by atoms with Crippen molar-refractivity contribution in [1.82, 2.24) is 4.90 Å². The lowest BCUT2D eigenvalue weighted by Gasteiger charge is -2.35. The quantitative estimate of drug-likeness (QED) is 0.668. The number of esters is 1. The van der Waals surface area contributed by atoms with Crippen molar-refractivity contribution in [2.45, 2.75) is 20.3 Å². The van der Waals surface area contributed by atoms with Gasteiger partial charge in [-0.15, -0.1) is 11.3 Å². The summed E-state index contributed by atoms with van der Waals surface area (Å²) >= 11 is 7.39. The Morgan fingerprint density at radius 3 is 2.45 bits per heavy atom. The molecule has 1 N–H and O–H groups in total. The van der Waals surface area contributed by atoms with E-state index in [1.54, 1.807) is 6.92 Å². The van der Waals surface area contributed by atoms with E-state index in [2.05, 4.69) is 15.1 Å². The molecule has 6 nitrogen and oxygen atoms in total. The zero-order valence-electron chi connectivity index (χ0n) is 16.7. The van der Waals surface area contributed by atoms with Gasteiger partial charge >= 0.3 is 5.97 Å². The summed E-state index contributed by atoms with van der Waals surface area (Å²) in [5.74, 6) is -0.504. The molecule has 1 fully saturated rings. The van der Waals surface area contributed by atoms with E-state index in [0.29, 0.717) is 23.7 Å². The molecule has 0 bridgehead atoms. The van der Waals surface area contributed by atoms with Crippen LogP contribution in [0.5, 0.6) is 0 Å². The molecule has 0 spiro atoms. The normalized spacial score (nSPS) is 14.7. The molecule has 0 aliphatic carbocycles. The second-order valence-electron chi connectivity index (χ2n) is 6.82. The second kappa shape index (κ2) is 10.1. The van der Waals surface area contributed by atoms with Gasteiger partial charge in [0.2, 0.25) is 5.91 Å². The molecule has 29 heavy (non-hydrogen) atoms. The predicted octanol–water partition coefficient (Wildman–Crippen LogP) is 3.90. The van der Waals surface area contributed by atoms with Crippen molar-refractivity contribution in [2.24, 2.45) is 0 Å². The molecule has 0 unspecified atom stereocenters. The number of nitrogens with one attached hydrogen (secondary N) is 1. The van der Waals surface area contributed by atoms with Crippen LogP contribution in [0.3, 0.4) is 0 Å². The van der Waals surface area contributed by atoms with Gasteiger partial charge in [0.25, 0.3) is 0 Å². The minimum Gasteiger partial charge on any atom is -0.462 e. The number of anilines is 2. The fourth-order valence-corrected chi connectivity index (χ4v) is 4.38. The van der Waals surface area contributed by atoms with Crippen LogP contribution >= 0.6 is 22.9 Å². The summed E-state index contributed by atoms with van der Waals surface area (Å²) in [7, 11) is 0. The summed E-state index contributed by atoms with van der Waals surface area (Å²) in [6.45, 7) is 7.69. The largest absolute Gasteiger partial charge is 0.462 e. The fourth-order valence-electron chi connectivity index (χ4n) is 3.25. The average molecular weight is 436 g/mol. The number of amides is 1. The number of thiophene rings is 1. The van der Waals surface area contributed by atoms with E-state index < -0.39 is 5.97 Å². The first kappa shape index (κ1) is 21.6. The third-order valence-electron chi connectivity index (χ3n) is 4.81. The molecule has 1 saturated heterocycles. The third kappa shape index (κ3) is 5.72. The molecular formula is C21H26ClN3O3S. The molecule has 8 heteroatoms. The van der Waals surface area contributed by atoms with Crippen molar-refractivity contribution in [3.05, 3.63) is 45.8 Å². The van der Waals surface area contributed by atoms with Gasteiger partial charge in [-0.25, -0.2) is 4.79 Å². The number of rotatable bonds is 7. The maximum absolute atomic E-state index is 12.6. The Morgan fingerprint density at radius 1 is 1.14 bits per heavy atom. The van der Waals surface area contributed by atoms with Crippen LogP contribution in [0.25, 0.3) is 0 Å². The van der Waals surface area contributed by atoms with Crippen LogP contribution in [0.1, 0.15) is 29.1 Å². The SMILES string of the molecule is CCOC(=O)c1cc(CC)sc1NC(=O)CN1CCN(c2ccc(Cl)cc2)CC1. The number of hydrogen-bond donors (Lipinski definition) is 1. The zero-order chi connectivity index (χ0) is 20.8. The highest BCUT2D eigenvalue weighted by molar-refractivity contribution is 7.16. The Balaban J connectivity index is 1.54. The van der Waals surface area contributed by atoms with Gasteiger partial charge in [0.15, 0.2) is 0 Å². The van der Waals surface area contributed by atoms with Crippen molar-refractivity contribution in [3.8, 4) is 0 Å². The second-order valence-corrected chi connectivity index (χ2v) is 8.39.